The van der Waals surface area contributed by atoms with Gasteiger partial charge in [0.2, 0.25) is 12.3 Å². The van der Waals surface area contributed by atoms with Gasteiger partial charge >= 0.3 is 0 Å². The molecule has 214 valence electrons. The zero-order chi connectivity index (χ0) is 28.5. The number of aryl methyl sites for hydroxylation is 2. The van der Waals surface area contributed by atoms with Crippen molar-refractivity contribution in [1.82, 2.24) is 5.32 Å². The number of benzene rings is 2. The first kappa shape index (κ1) is 31.9. The molecule has 0 aliphatic carbocycles. The summed E-state index contributed by atoms with van der Waals surface area (Å²) in [6, 6.07) is 14.2. The van der Waals surface area contributed by atoms with Crippen LogP contribution in [0.25, 0.3) is 0 Å². The monoisotopic (exact) mass is 535 g/mol. The van der Waals surface area contributed by atoms with Crippen LogP contribution >= 0.6 is 0 Å². The Labute approximate surface area is 236 Å². The number of primary amides is 1. The van der Waals surface area contributed by atoms with Crippen LogP contribution in [-0.4, -0.2) is 38.6 Å². The van der Waals surface area contributed by atoms with Crippen molar-refractivity contribution in [2.75, 3.05) is 31.1 Å². The van der Waals surface area contributed by atoms with Crippen molar-refractivity contribution < 1.29 is 14.3 Å². The molecule has 6 heteroatoms. The van der Waals surface area contributed by atoms with Crippen molar-refractivity contribution in [3.8, 4) is 5.75 Å². The number of ether oxygens (including phenoxy) is 1. The number of nitrogens with zero attached hydrogens (tertiary/aromatic N) is 1. The second-order valence-electron chi connectivity index (χ2n) is 10.6. The van der Waals surface area contributed by atoms with Crippen LogP contribution in [-0.2, 0) is 11.2 Å². The average molecular weight is 536 g/mol. The van der Waals surface area contributed by atoms with Crippen LogP contribution in [0.4, 0.5) is 5.69 Å². The number of nitrogens with one attached hydrogen (secondary N) is 1. The van der Waals surface area contributed by atoms with Gasteiger partial charge in [-0.3, -0.25) is 9.59 Å². The molecule has 0 aromatic heterocycles. The minimum absolute atomic E-state index is 0.424. The highest BCUT2D eigenvalue weighted by Gasteiger charge is 2.18. The molecule has 0 fully saturated rings. The van der Waals surface area contributed by atoms with Crippen LogP contribution in [0.15, 0.2) is 54.6 Å². The molecule has 0 radical (unpaired) electrons. The lowest BCUT2D eigenvalue weighted by molar-refractivity contribution is -0.109. The van der Waals surface area contributed by atoms with Crippen molar-refractivity contribution in [3.05, 3.63) is 71.3 Å². The second kappa shape index (κ2) is 18.1. The Morgan fingerprint density at radius 2 is 1.95 bits per heavy atom. The van der Waals surface area contributed by atoms with E-state index >= 15 is 0 Å². The van der Waals surface area contributed by atoms with Crippen molar-refractivity contribution >= 4 is 18.0 Å². The summed E-state index contributed by atoms with van der Waals surface area (Å²) in [6.07, 6.45) is 12.5. The molecule has 39 heavy (non-hydrogen) atoms. The molecule has 0 bridgehead atoms. The average Bonchev–Trinajstić information content (AvgIpc) is 2.93. The first-order chi connectivity index (χ1) is 18.9. The van der Waals surface area contributed by atoms with Crippen LogP contribution < -0.4 is 20.7 Å². The van der Waals surface area contributed by atoms with Gasteiger partial charge < -0.3 is 20.7 Å². The molecule has 6 nitrogen and oxygen atoms in total. The molecule has 3 N–H and O–H groups in total. The predicted molar refractivity (Wildman–Crippen MR) is 162 cm³/mol. The molecule has 0 aliphatic heterocycles. The fourth-order valence-corrected chi connectivity index (χ4v) is 4.77. The number of hydrogen-bond acceptors (Lipinski definition) is 4. The maximum atomic E-state index is 12.0. The third-order valence-corrected chi connectivity index (χ3v) is 7.22. The molecular weight excluding hydrogens is 486 g/mol. The number of carbonyl (C=O) groups is 2. The van der Waals surface area contributed by atoms with Gasteiger partial charge in [0.15, 0.2) is 0 Å². The Morgan fingerprint density at radius 1 is 1.13 bits per heavy atom. The maximum absolute atomic E-state index is 12.0. The van der Waals surface area contributed by atoms with Crippen LogP contribution in [0.1, 0.15) is 80.8 Å². The molecule has 0 spiro atoms. The minimum Gasteiger partial charge on any atom is -0.491 e. The highest BCUT2D eigenvalue weighted by molar-refractivity contribution is 5.94. The number of amides is 2. The van der Waals surface area contributed by atoms with E-state index in [0.29, 0.717) is 30.6 Å². The zero-order valence-corrected chi connectivity index (χ0v) is 24.5. The third kappa shape index (κ3) is 12.0. The van der Waals surface area contributed by atoms with Gasteiger partial charge in [-0.25, -0.2) is 0 Å². The van der Waals surface area contributed by atoms with Crippen molar-refractivity contribution in [2.45, 2.75) is 72.6 Å². The third-order valence-electron chi connectivity index (χ3n) is 7.22. The molecule has 0 saturated heterocycles. The van der Waals surface area contributed by atoms with E-state index in [0.717, 1.165) is 75.9 Å². The van der Waals surface area contributed by atoms with Gasteiger partial charge in [-0.2, -0.15) is 0 Å². The lowest BCUT2D eigenvalue weighted by Gasteiger charge is -2.30. The first-order valence-corrected chi connectivity index (χ1v) is 14.6. The van der Waals surface area contributed by atoms with Crippen molar-refractivity contribution in [2.24, 2.45) is 17.6 Å². The van der Waals surface area contributed by atoms with E-state index in [9.17, 15) is 9.59 Å². The number of unbranched alkanes of at least 4 members (excludes halogenated alkanes) is 1. The highest BCUT2D eigenvalue weighted by Crippen LogP contribution is 2.31. The van der Waals surface area contributed by atoms with Gasteiger partial charge in [0.25, 0.3) is 0 Å². The lowest BCUT2D eigenvalue weighted by atomic mass is 9.98. The van der Waals surface area contributed by atoms with Crippen LogP contribution in [0.3, 0.4) is 0 Å². The van der Waals surface area contributed by atoms with Gasteiger partial charge in [0, 0.05) is 25.2 Å². The van der Waals surface area contributed by atoms with Gasteiger partial charge in [0.05, 0.1) is 12.3 Å². The van der Waals surface area contributed by atoms with Crippen molar-refractivity contribution in [3.63, 3.8) is 0 Å². The van der Waals surface area contributed by atoms with Crippen LogP contribution in [0.2, 0.25) is 0 Å². The Morgan fingerprint density at radius 3 is 2.64 bits per heavy atom. The summed E-state index contributed by atoms with van der Waals surface area (Å²) >= 11 is 0. The van der Waals surface area contributed by atoms with Gasteiger partial charge in [-0.15, -0.1) is 0 Å². The molecule has 2 aromatic rings. The standard InChI is InChI=1S/C33H49N3O3/c1-5-28(15-9-7-8-13-27(4)23-35-25-37)24-36(6-2)31-22-30(33(34)38)18-19-32(31)39-20-11-10-16-29-17-12-14-26(3)21-29/h7-8,12,14,17-19,21-22,25,27-28H,5-6,9-11,13,15-16,20,23-24H2,1-4H3,(H2,34,38)(H,35,37)/b8-7+. The zero-order valence-electron chi connectivity index (χ0n) is 24.5. The molecule has 2 amide bonds. The van der Waals surface area contributed by atoms with E-state index in [2.05, 4.69) is 74.3 Å². The minimum atomic E-state index is -0.424. The van der Waals surface area contributed by atoms with E-state index in [4.69, 9.17) is 10.5 Å². The first-order valence-electron chi connectivity index (χ1n) is 14.6. The number of allylic oxidation sites excluding steroid dienone is 2. The topological polar surface area (TPSA) is 84.7 Å². The SMILES string of the molecule is CCC(CC/C=C/CC(C)CNC=O)CN(CC)c1cc(C(N)=O)ccc1OCCCCc1cccc(C)c1. The highest BCUT2D eigenvalue weighted by atomic mass is 16.5. The molecule has 2 rings (SSSR count). The summed E-state index contributed by atoms with van der Waals surface area (Å²) in [5.74, 6) is 1.34. The number of rotatable bonds is 20. The summed E-state index contributed by atoms with van der Waals surface area (Å²) in [7, 11) is 0. The number of nitrogens with two attached hydrogens (primary N) is 1. The molecule has 2 unspecified atom stereocenters. The van der Waals surface area contributed by atoms with E-state index in [-0.39, 0.29) is 0 Å². The fourth-order valence-electron chi connectivity index (χ4n) is 4.77. The Bertz CT molecular complexity index is 1040. The molecule has 0 heterocycles. The largest absolute Gasteiger partial charge is 0.491 e. The molecule has 0 aliphatic rings. The van der Waals surface area contributed by atoms with E-state index in [1.54, 1.807) is 6.07 Å². The summed E-state index contributed by atoms with van der Waals surface area (Å²) in [6.45, 7) is 11.7. The Balaban J connectivity index is 1.96. The Kier molecular flexibility index (Phi) is 14.8. The summed E-state index contributed by atoms with van der Waals surface area (Å²) in [4.78, 5) is 24.7. The summed E-state index contributed by atoms with van der Waals surface area (Å²) in [5, 5.41) is 2.74. The molecule has 2 aromatic carbocycles. The normalized spacial score (nSPS) is 12.7. The number of hydrogen-bond donors (Lipinski definition) is 2. The van der Waals surface area contributed by atoms with Gasteiger partial charge in [-0.1, -0.05) is 62.2 Å². The summed E-state index contributed by atoms with van der Waals surface area (Å²) in [5.41, 5.74) is 9.73. The molecule has 2 atom stereocenters. The van der Waals surface area contributed by atoms with Crippen molar-refractivity contribution in [1.29, 1.82) is 0 Å². The molecular formula is C33H49N3O3. The maximum Gasteiger partial charge on any atom is 0.248 e. The number of anilines is 1. The van der Waals surface area contributed by atoms with E-state index < -0.39 is 5.91 Å². The Hall–Kier alpha value is -3.28. The van der Waals surface area contributed by atoms with E-state index in [1.807, 2.05) is 12.1 Å². The molecule has 0 saturated carbocycles. The predicted octanol–water partition coefficient (Wildman–Crippen LogP) is 6.46. The van der Waals surface area contributed by atoms with Gasteiger partial charge in [0.1, 0.15) is 5.75 Å². The quantitative estimate of drug-likeness (QED) is 0.116. The second-order valence-corrected chi connectivity index (χ2v) is 10.6. The summed E-state index contributed by atoms with van der Waals surface area (Å²) < 4.78 is 6.26. The fraction of sp³-hybridized carbons (Fsp3) is 0.515. The lowest BCUT2D eigenvalue weighted by Crippen LogP contribution is -2.30. The number of carbonyl (C=O) groups excluding carboxylic acids is 2. The van der Waals surface area contributed by atoms with E-state index in [1.165, 1.54) is 11.1 Å². The van der Waals surface area contributed by atoms with Crippen LogP contribution in [0, 0.1) is 18.8 Å². The van der Waals surface area contributed by atoms with Crippen LogP contribution in [0.5, 0.6) is 5.75 Å². The smallest absolute Gasteiger partial charge is 0.248 e. The van der Waals surface area contributed by atoms with Gasteiger partial charge in [-0.05, 0) is 88.0 Å².